The number of ether oxygens (including phenoxy) is 1. The molecule has 0 spiro atoms. The number of epoxide rings is 1. The minimum atomic E-state index is -0.0902. The van der Waals surface area contributed by atoms with Crippen molar-refractivity contribution in [3.8, 4) is 0 Å². The fourth-order valence-electron chi connectivity index (χ4n) is 0.616. The van der Waals surface area contributed by atoms with Crippen LogP contribution in [0.25, 0.3) is 0 Å². The highest BCUT2D eigenvalue weighted by Crippen LogP contribution is 2.23. The Labute approximate surface area is 56.3 Å². The van der Waals surface area contributed by atoms with Crippen LogP contribution in [0.2, 0.25) is 0 Å². The lowest BCUT2D eigenvalue weighted by Crippen LogP contribution is -1.94. The van der Waals surface area contributed by atoms with E-state index in [1.807, 2.05) is 0 Å². The molecule has 0 radical (unpaired) electrons. The second kappa shape index (κ2) is 2.60. The van der Waals surface area contributed by atoms with Gasteiger partial charge in [0.1, 0.15) is 6.10 Å². The maximum Gasteiger partial charge on any atom is 0.151 e. The van der Waals surface area contributed by atoms with E-state index in [2.05, 4.69) is 15.9 Å². The molecule has 0 aromatic carbocycles. The number of hydrogen-bond acceptors (Lipinski definition) is 2. The van der Waals surface area contributed by atoms with Gasteiger partial charge in [0.2, 0.25) is 0 Å². The van der Waals surface area contributed by atoms with Crippen molar-refractivity contribution in [2.45, 2.75) is 18.6 Å². The normalized spacial score (nSPS) is 34.6. The molecule has 0 aliphatic carbocycles. The highest BCUT2D eigenvalue weighted by atomic mass is 79.9. The van der Waals surface area contributed by atoms with Crippen LogP contribution in [0.1, 0.15) is 6.42 Å². The Morgan fingerprint density at radius 2 is 2.50 bits per heavy atom. The van der Waals surface area contributed by atoms with Gasteiger partial charge in [-0.05, 0) is 6.42 Å². The molecule has 0 amide bonds. The average molecular weight is 179 g/mol. The van der Waals surface area contributed by atoms with Crippen molar-refractivity contribution in [1.82, 2.24) is 0 Å². The Hall–Kier alpha value is 0.110. The number of alkyl halides is 1. The zero-order chi connectivity index (χ0) is 5.98. The number of carbonyl (C=O) groups is 1. The van der Waals surface area contributed by atoms with Gasteiger partial charge in [0.15, 0.2) is 6.29 Å². The Morgan fingerprint density at radius 1 is 1.75 bits per heavy atom. The molecule has 0 saturated carbocycles. The maximum atomic E-state index is 9.91. The second-order valence-corrected chi connectivity index (χ2v) is 2.55. The van der Waals surface area contributed by atoms with Crippen LogP contribution in [0.5, 0.6) is 0 Å². The van der Waals surface area contributed by atoms with Crippen LogP contribution >= 0.6 is 15.9 Å². The Morgan fingerprint density at radius 3 is 2.88 bits per heavy atom. The number of rotatable bonds is 3. The molecule has 8 heavy (non-hydrogen) atoms. The van der Waals surface area contributed by atoms with E-state index >= 15 is 0 Å². The highest BCUT2D eigenvalue weighted by Gasteiger charge is 2.37. The minimum Gasteiger partial charge on any atom is -0.362 e. The smallest absolute Gasteiger partial charge is 0.151 e. The summed E-state index contributed by atoms with van der Waals surface area (Å²) in [6, 6.07) is 0. The van der Waals surface area contributed by atoms with E-state index in [9.17, 15) is 4.79 Å². The SMILES string of the molecule is O=C[C@@H]1O[C@H]1CCBr. The van der Waals surface area contributed by atoms with E-state index in [-0.39, 0.29) is 12.2 Å². The number of halogens is 1. The minimum absolute atomic E-state index is 0.0902. The summed E-state index contributed by atoms with van der Waals surface area (Å²) < 4.78 is 4.91. The lowest BCUT2D eigenvalue weighted by molar-refractivity contribution is -0.108. The van der Waals surface area contributed by atoms with Gasteiger partial charge in [-0.15, -0.1) is 0 Å². The summed E-state index contributed by atoms with van der Waals surface area (Å²) in [4.78, 5) is 9.91. The van der Waals surface area contributed by atoms with Crippen molar-refractivity contribution in [3.05, 3.63) is 0 Å². The summed E-state index contributed by atoms with van der Waals surface area (Å²) in [6.07, 6.45) is 1.93. The summed E-state index contributed by atoms with van der Waals surface area (Å²) in [5.41, 5.74) is 0. The molecule has 1 aliphatic rings. The summed E-state index contributed by atoms with van der Waals surface area (Å²) in [6.45, 7) is 0. The largest absolute Gasteiger partial charge is 0.362 e. The van der Waals surface area contributed by atoms with E-state index in [0.717, 1.165) is 18.0 Å². The molecule has 2 atom stereocenters. The van der Waals surface area contributed by atoms with Crippen LogP contribution in [0.3, 0.4) is 0 Å². The first-order chi connectivity index (χ1) is 3.88. The molecular formula is C5H7BrO2. The van der Waals surface area contributed by atoms with E-state index in [4.69, 9.17) is 4.74 Å². The third-order valence-corrected chi connectivity index (χ3v) is 1.61. The Bertz CT molecular complexity index is 94.4. The van der Waals surface area contributed by atoms with Crippen molar-refractivity contribution >= 4 is 22.2 Å². The molecule has 0 aromatic rings. The van der Waals surface area contributed by atoms with Gasteiger partial charge in [0.25, 0.3) is 0 Å². The van der Waals surface area contributed by atoms with Crippen molar-refractivity contribution in [1.29, 1.82) is 0 Å². The molecular weight excluding hydrogens is 172 g/mol. The van der Waals surface area contributed by atoms with Gasteiger partial charge in [0.05, 0.1) is 6.10 Å². The van der Waals surface area contributed by atoms with Crippen molar-refractivity contribution in [3.63, 3.8) is 0 Å². The summed E-state index contributed by atoms with van der Waals surface area (Å²) in [7, 11) is 0. The zero-order valence-electron chi connectivity index (χ0n) is 4.34. The first kappa shape index (κ1) is 6.23. The molecule has 1 heterocycles. The van der Waals surface area contributed by atoms with Gasteiger partial charge >= 0.3 is 0 Å². The van der Waals surface area contributed by atoms with Crippen molar-refractivity contribution in [2.75, 3.05) is 5.33 Å². The number of hydrogen-bond donors (Lipinski definition) is 0. The van der Waals surface area contributed by atoms with Gasteiger partial charge in [-0.3, -0.25) is 0 Å². The van der Waals surface area contributed by atoms with Gasteiger partial charge in [-0.25, -0.2) is 0 Å². The van der Waals surface area contributed by atoms with Gasteiger partial charge in [-0.1, -0.05) is 15.9 Å². The topological polar surface area (TPSA) is 29.6 Å². The predicted molar refractivity (Wildman–Crippen MR) is 33.1 cm³/mol. The van der Waals surface area contributed by atoms with Gasteiger partial charge in [-0.2, -0.15) is 0 Å². The third kappa shape index (κ3) is 1.29. The van der Waals surface area contributed by atoms with Crippen LogP contribution in [-0.4, -0.2) is 23.8 Å². The van der Waals surface area contributed by atoms with Crippen LogP contribution < -0.4 is 0 Å². The van der Waals surface area contributed by atoms with Crippen LogP contribution in [0.15, 0.2) is 0 Å². The molecule has 2 nitrogen and oxygen atoms in total. The van der Waals surface area contributed by atoms with E-state index in [1.54, 1.807) is 0 Å². The fraction of sp³-hybridized carbons (Fsp3) is 0.800. The molecule has 1 saturated heterocycles. The standard InChI is InChI=1S/C5H7BrO2/c6-2-1-4-5(3-7)8-4/h3-5H,1-2H2/t4-,5-/m0/s1. The number of carbonyl (C=O) groups excluding carboxylic acids is 1. The quantitative estimate of drug-likeness (QED) is 0.363. The molecule has 0 unspecified atom stereocenters. The van der Waals surface area contributed by atoms with Gasteiger partial charge < -0.3 is 9.53 Å². The maximum absolute atomic E-state index is 9.91. The average Bonchev–Trinajstić information content (AvgIpc) is 2.48. The van der Waals surface area contributed by atoms with Gasteiger partial charge in [0, 0.05) is 5.33 Å². The van der Waals surface area contributed by atoms with E-state index < -0.39 is 0 Å². The first-order valence-corrected chi connectivity index (χ1v) is 3.67. The molecule has 1 fully saturated rings. The first-order valence-electron chi connectivity index (χ1n) is 2.55. The molecule has 3 heteroatoms. The third-order valence-electron chi connectivity index (χ3n) is 1.15. The predicted octanol–water partition coefficient (Wildman–Crippen LogP) is 0.738. The lowest BCUT2D eigenvalue weighted by atomic mass is 10.3. The molecule has 46 valence electrons. The lowest BCUT2D eigenvalue weighted by Gasteiger charge is -1.80. The van der Waals surface area contributed by atoms with E-state index in [0.29, 0.717) is 0 Å². The monoisotopic (exact) mass is 178 g/mol. The molecule has 0 N–H and O–H groups in total. The Balaban J connectivity index is 2.07. The second-order valence-electron chi connectivity index (χ2n) is 1.75. The summed E-state index contributed by atoms with van der Waals surface area (Å²) >= 11 is 3.25. The van der Waals surface area contributed by atoms with Crippen LogP contribution in [0.4, 0.5) is 0 Å². The summed E-state index contributed by atoms with van der Waals surface area (Å²) in [5, 5.41) is 0.919. The van der Waals surface area contributed by atoms with Crippen molar-refractivity contribution in [2.24, 2.45) is 0 Å². The Kier molecular flexibility index (Phi) is 2.02. The van der Waals surface area contributed by atoms with Crippen LogP contribution in [-0.2, 0) is 9.53 Å². The summed E-state index contributed by atoms with van der Waals surface area (Å²) in [5.74, 6) is 0. The van der Waals surface area contributed by atoms with Crippen LogP contribution in [0, 0.1) is 0 Å². The zero-order valence-corrected chi connectivity index (χ0v) is 5.93. The molecule has 1 aliphatic heterocycles. The molecule has 0 aromatic heterocycles. The highest BCUT2D eigenvalue weighted by molar-refractivity contribution is 9.09. The van der Waals surface area contributed by atoms with E-state index in [1.165, 1.54) is 0 Å². The molecule has 0 bridgehead atoms. The van der Waals surface area contributed by atoms with Crippen molar-refractivity contribution < 1.29 is 9.53 Å². The molecule has 1 rings (SSSR count). The fourth-order valence-corrected chi connectivity index (χ4v) is 1.07. The number of aldehydes is 1.